The minimum Gasteiger partial charge on any atom is -0.443 e. The van der Waals surface area contributed by atoms with Crippen LogP contribution in [-0.4, -0.2) is 35.2 Å². The topological polar surface area (TPSA) is 65.4 Å². The fourth-order valence-electron chi connectivity index (χ4n) is 2.72. The number of nitrogens with zero attached hydrogens (tertiary/aromatic N) is 2. The summed E-state index contributed by atoms with van der Waals surface area (Å²) in [4.78, 5) is 13.6. The fraction of sp³-hybridized carbons (Fsp3) is 0.625. The van der Waals surface area contributed by atoms with Crippen molar-refractivity contribution in [3.05, 3.63) is 23.9 Å². The molecule has 0 aromatic heterocycles. The lowest BCUT2D eigenvalue weighted by atomic mass is 9.73. The molecule has 1 unspecified atom stereocenters. The lowest BCUT2D eigenvalue weighted by molar-refractivity contribution is 0.0319. The Kier molecular flexibility index (Phi) is 4.84. The van der Waals surface area contributed by atoms with Gasteiger partial charge in [-0.2, -0.15) is 5.26 Å². The maximum atomic E-state index is 12.3. The molecule has 0 radical (unpaired) electrons. The molecule has 1 amide bonds. The number of ether oxygens (including phenoxy) is 1. The number of allylic oxidation sites excluding steroid dienone is 2. The highest BCUT2D eigenvalue weighted by atomic mass is 35.5. The van der Waals surface area contributed by atoms with Crippen LogP contribution in [0.25, 0.3) is 0 Å². The quantitative estimate of drug-likeness (QED) is 0.594. The summed E-state index contributed by atoms with van der Waals surface area (Å²) >= 11 is 6.51. The van der Waals surface area contributed by atoms with Crippen LogP contribution in [0.4, 0.5) is 4.79 Å². The van der Waals surface area contributed by atoms with Crippen molar-refractivity contribution in [2.45, 2.75) is 44.7 Å². The van der Waals surface area contributed by atoms with Gasteiger partial charge in [0.1, 0.15) is 11.1 Å². The Morgan fingerprint density at radius 2 is 2.14 bits per heavy atom. The van der Waals surface area contributed by atoms with E-state index in [1.54, 1.807) is 12.3 Å². The van der Waals surface area contributed by atoms with Gasteiger partial charge in [0.2, 0.25) is 0 Å². The monoisotopic (exact) mass is 323 g/mol. The molecule has 2 rings (SSSR count). The molecule has 0 aromatic carbocycles. The summed E-state index contributed by atoms with van der Waals surface area (Å²) < 4.78 is 5.38. The summed E-state index contributed by atoms with van der Waals surface area (Å²) in [5.74, 6) is 0. The number of halogens is 1. The summed E-state index contributed by atoms with van der Waals surface area (Å²) in [5.41, 5.74) is -1.14. The number of carbonyl (C=O) groups excluding carboxylic acids is 1. The first-order valence-corrected chi connectivity index (χ1v) is 7.89. The molecule has 0 aromatic rings. The van der Waals surface area contributed by atoms with Crippen LogP contribution >= 0.6 is 11.6 Å². The number of nitriles is 1. The van der Waals surface area contributed by atoms with Gasteiger partial charge in [0.25, 0.3) is 0 Å². The summed E-state index contributed by atoms with van der Waals surface area (Å²) in [6.45, 7) is 6.96. The van der Waals surface area contributed by atoms with Crippen LogP contribution in [0.3, 0.4) is 0 Å². The van der Waals surface area contributed by atoms with Gasteiger partial charge in [0.15, 0.2) is 0 Å². The van der Waals surface area contributed by atoms with Gasteiger partial charge in [0.05, 0.1) is 11.5 Å². The molecule has 120 valence electrons. The first kappa shape index (κ1) is 16.9. The Hall–Kier alpha value is -1.51. The zero-order valence-corrected chi connectivity index (χ0v) is 14.0. The van der Waals surface area contributed by atoms with Crippen molar-refractivity contribution in [1.82, 2.24) is 10.2 Å². The smallest absolute Gasteiger partial charge is 0.415 e. The average molecular weight is 324 g/mol. The third-order valence-corrected chi connectivity index (χ3v) is 4.30. The SMILES string of the molecule is CC(C)(C)OC(=O)N1C=CC=C(C2(C#N)CCNCC2)C1Cl. The van der Waals surface area contributed by atoms with Crippen molar-refractivity contribution in [1.29, 1.82) is 5.26 Å². The minimum absolute atomic E-state index is 0.503. The lowest BCUT2D eigenvalue weighted by Gasteiger charge is -2.39. The number of amides is 1. The van der Waals surface area contributed by atoms with Gasteiger partial charge < -0.3 is 10.1 Å². The molecule has 1 N–H and O–H groups in total. The van der Waals surface area contributed by atoms with Crippen LogP contribution in [0.1, 0.15) is 33.6 Å². The van der Waals surface area contributed by atoms with Crippen LogP contribution in [0, 0.1) is 16.7 Å². The zero-order chi connectivity index (χ0) is 16.4. The second kappa shape index (κ2) is 6.31. The second-order valence-electron chi connectivity index (χ2n) is 6.63. The van der Waals surface area contributed by atoms with E-state index >= 15 is 0 Å². The highest BCUT2D eigenvalue weighted by molar-refractivity contribution is 6.23. The van der Waals surface area contributed by atoms with Gasteiger partial charge in [-0.25, -0.2) is 4.79 Å². The molecular formula is C16H22ClN3O2. The van der Waals surface area contributed by atoms with Crippen LogP contribution in [-0.2, 0) is 4.74 Å². The highest BCUT2D eigenvalue weighted by Crippen LogP contribution is 2.42. The third kappa shape index (κ3) is 3.45. The van der Waals surface area contributed by atoms with Crippen LogP contribution in [0.15, 0.2) is 23.9 Å². The van der Waals surface area contributed by atoms with E-state index in [0.29, 0.717) is 12.8 Å². The van der Waals surface area contributed by atoms with E-state index in [0.717, 1.165) is 18.7 Å². The Balaban J connectivity index is 2.22. The molecule has 0 bridgehead atoms. The standard InChI is InChI=1S/C16H22ClN3O2/c1-15(2,3)22-14(21)20-10-4-5-12(13(20)17)16(11-18)6-8-19-9-7-16/h4-5,10,13,19H,6-9H2,1-3H3. The summed E-state index contributed by atoms with van der Waals surface area (Å²) in [6, 6.07) is 2.42. The Bertz CT molecular complexity index is 537. The van der Waals surface area contributed by atoms with Crippen molar-refractivity contribution < 1.29 is 9.53 Å². The number of alkyl halides is 1. The second-order valence-corrected chi connectivity index (χ2v) is 7.04. The molecule has 2 aliphatic rings. The number of rotatable bonds is 1. The molecule has 0 aliphatic carbocycles. The molecule has 2 aliphatic heterocycles. The number of piperidine rings is 1. The van der Waals surface area contributed by atoms with Gasteiger partial charge in [0, 0.05) is 6.20 Å². The molecule has 1 atom stereocenters. The maximum absolute atomic E-state index is 12.3. The minimum atomic E-state index is -0.697. The summed E-state index contributed by atoms with van der Waals surface area (Å²) in [6.07, 6.45) is 6.08. The first-order chi connectivity index (χ1) is 10.3. The van der Waals surface area contributed by atoms with E-state index in [2.05, 4.69) is 11.4 Å². The number of hydrogen-bond acceptors (Lipinski definition) is 4. The normalized spacial score (nSPS) is 24.4. The Labute approximate surface area is 136 Å². The number of nitrogens with one attached hydrogen (secondary N) is 1. The number of hydrogen-bond donors (Lipinski definition) is 1. The van der Waals surface area contributed by atoms with E-state index in [9.17, 15) is 10.1 Å². The lowest BCUT2D eigenvalue weighted by Crippen LogP contribution is -2.45. The van der Waals surface area contributed by atoms with Gasteiger partial charge in [-0.3, -0.25) is 4.90 Å². The molecular weight excluding hydrogens is 302 g/mol. The van der Waals surface area contributed by atoms with Crippen LogP contribution in [0.2, 0.25) is 0 Å². The van der Waals surface area contributed by atoms with E-state index in [1.807, 2.05) is 26.8 Å². The van der Waals surface area contributed by atoms with Crippen molar-refractivity contribution in [3.63, 3.8) is 0 Å². The molecule has 0 spiro atoms. The van der Waals surface area contributed by atoms with Crippen LogP contribution in [0.5, 0.6) is 0 Å². The van der Waals surface area contributed by atoms with E-state index in [1.165, 1.54) is 4.90 Å². The average Bonchev–Trinajstić information content (AvgIpc) is 2.46. The molecule has 0 saturated carbocycles. The van der Waals surface area contributed by atoms with Gasteiger partial charge in [-0.1, -0.05) is 17.7 Å². The van der Waals surface area contributed by atoms with Crippen molar-refractivity contribution in [2.24, 2.45) is 5.41 Å². The molecule has 22 heavy (non-hydrogen) atoms. The molecule has 5 nitrogen and oxygen atoms in total. The largest absolute Gasteiger partial charge is 0.443 e. The predicted octanol–water partition coefficient (Wildman–Crippen LogP) is 3.14. The Morgan fingerprint density at radius 3 is 2.68 bits per heavy atom. The van der Waals surface area contributed by atoms with Gasteiger partial charge >= 0.3 is 6.09 Å². The first-order valence-electron chi connectivity index (χ1n) is 7.45. The fourth-order valence-corrected chi connectivity index (χ4v) is 3.14. The summed E-state index contributed by atoms with van der Waals surface area (Å²) in [7, 11) is 0. The summed E-state index contributed by atoms with van der Waals surface area (Å²) in [5, 5.41) is 12.9. The highest BCUT2D eigenvalue weighted by Gasteiger charge is 2.42. The van der Waals surface area contributed by atoms with Gasteiger partial charge in [-0.15, -0.1) is 0 Å². The number of carbonyl (C=O) groups is 1. The Morgan fingerprint density at radius 1 is 1.50 bits per heavy atom. The van der Waals surface area contributed by atoms with Crippen molar-refractivity contribution >= 4 is 17.7 Å². The third-order valence-electron chi connectivity index (χ3n) is 3.85. The van der Waals surface area contributed by atoms with E-state index in [4.69, 9.17) is 16.3 Å². The van der Waals surface area contributed by atoms with Gasteiger partial charge in [-0.05, 0) is 58.4 Å². The van der Waals surface area contributed by atoms with Crippen molar-refractivity contribution in [3.8, 4) is 6.07 Å². The predicted molar refractivity (Wildman–Crippen MR) is 85.1 cm³/mol. The van der Waals surface area contributed by atoms with E-state index < -0.39 is 22.6 Å². The van der Waals surface area contributed by atoms with E-state index in [-0.39, 0.29) is 0 Å². The molecule has 2 heterocycles. The van der Waals surface area contributed by atoms with Crippen molar-refractivity contribution in [2.75, 3.05) is 13.1 Å². The maximum Gasteiger partial charge on any atom is 0.415 e. The molecule has 1 saturated heterocycles. The zero-order valence-electron chi connectivity index (χ0n) is 13.2. The van der Waals surface area contributed by atoms with Crippen LogP contribution < -0.4 is 5.32 Å². The molecule has 6 heteroatoms. The molecule has 1 fully saturated rings.